The molecule has 2 amide bonds. The van der Waals surface area contributed by atoms with Gasteiger partial charge < -0.3 is 4.42 Å². The molecule has 1 saturated heterocycles. The molecule has 3 aromatic rings. The van der Waals surface area contributed by atoms with E-state index in [9.17, 15) is 9.59 Å². The molecule has 0 unspecified atom stereocenters. The standard InChI is InChI=1S/C23H16Br2N2O3S/c1-13-8-9-16(10-14(13)2)27-22(29)18(11-17-12-19(24)20(25)30-17)21(28)26(23(27)31)15-6-4-3-5-7-15/h3-12H,1-2H3/b18-11-. The number of amides is 2. The molecule has 2 heterocycles. The number of aryl methyl sites for hydroxylation is 2. The predicted molar refractivity (Wildman–Crippen MR) is 132 cm³/mol. The van der Waals surface area contributed by atoms with Crippen LogP contribution in [0.5, 0.6) is 0 Å². The Labute approximate surface area is 201 Å². The molecule has 0 atom stereocenters. The number of furan rings is 1. The zero-order valence-corrected chi connectivity index (χ0v) is 20.5. The highest BCUT2D eigenvalue weighted by molar-refractivity contribution is 9.13. The molecule has 1 aliphatic rings. The van der Waals surface area contributed by atoms with Gasteiger partial charge in [0.05, 0.1) is 15.8 Å². The molecule has 1 fully saturated rings. The Kier molecular flexibility index (Phi) is 5.96. The fourth-order valence-corrected chi connectivity index (χ4v) is 4.19. The van der Waals surface area contributed by atoms with Crippen LogP contribution in [0.15, 0.2) is 73.7 Å². The Morgan fingerprint density at radius 1 is 0.871 bits per heavy atom. The number of thiocarbonyl (C=S) groups is 1. The van der Waals surface area contributed by atoms with Crippen molar-refractivity contribution >= 4 is 78.5 Å². The normalized spacial score (nSPS) is 15.9. The van der Waals surface area contributed by atoms with E-state index in [1.165, 1.54) is 15.9 Å². The molecular weight excluding hydrogens is 544 g/mol. The zero-order valence-electron chi connectivity index (χ0n) is 16.6. The molecule has 1 aromatic heterocycles. The van der Waals surface area contributed by atoms with E-state index in [0.717, 1.165) is 11.1 Å². The number of rotatable bonds is 3. The zero-order chi connectivity index (χ0) is 22.3. The first kappa shape index (κ1) is 21.7. The van der Waals surface area contributed by atoms with Crippen molar-refractivity contribution in [2.75, 3.05) is 9.80 Å². The van der Waals surface area contributed by atoms with Gasteiger partial charge in [-0.05, 0) is 105 Å². The molecule has 0 aliphatic carbocycles. The minimum absolute atomic E-state index is 0.0515. The van der Waals surface area contributed by atoms with Crippen LogP contribution >= 0.6 is 44.1 Å². The first-order valence-corrected chi connectivity index (χ1v) is 11.3. The lowest BCUT2D eigenvalue weighted by Gasteiger charge is -2.36. The Morgan fingerprint density at radius 2 is 1.52 bits per heavy atom. The third kappa shape index (κ3) is 4.03. The number of nitrogens with zero attached hydrogens (tertiary/aromatic N) is 2. The van der Waals surface area contributed by atoms with E-state index >= 15 is 0 Å². The molecule has 0 N–H and O–H groups in total. The molecule has 0 spiro atoms. The molecule has 31 heavy (non-hydrogen) atoms. The molecule has 0 saturated carbocycles. The van der Waals surface area contributed by atoms with Gasteiger partial charge in [-0.1, -0.05) is 24.3 Å². The highest BCUT2D eigenvalue weighted by Crippen LogP contribution is 2.32. The second kappa shape index (κ2) is 8.53. The van der Waals surface area contributed by atoms with Crippen LogP contribution in [-0.4, -0.2) is 16.9 Å². The summed E-state index contributed by atoms with van der Waals surface area (Å²) in [6.07, 6.45) is 1.44. The number of halogens is 2. The van der Waals surface area contributed by atoms with Crippen LogP contribution in [-0.2, 0) is 9.59 Å². The molecule has 4 rings (SSSR count). The minimum atomic E-state index is -0.509. The van der Waals surface area contributed by atoms with Crippen molar-refractivity contribution in [3.05, 3.63) is 86.2 Å². The molecule has 156 valence electrons. The van der Waals surface area contributed by atoms with Gasteiger partial charge in [0.2, 0.25) is 0 Å². The van der Waals surface area contributed by atoms with Crippen LogP contribution in [0.2, 0.25) is 0 Å². The molecule has 1 aliphatic heterocycles. The summed E-state index contributed by atoms with van der Waals surface area (Å²) in [6, 6.07) is 16.3. The van der Waals surface area contributed by atoms with Gasteiger partial charge in [-0.2, -0.15) is 0 Å². The van der Waals surface area contributed by atoms with Crippen LogP contribution in [0, 0.1) is 13.8 Å². The Balaban J connectivity index is 1.88. The lowest BCUT2D eigenvalue weighted by atomic mass is 10.1. The molecule has 0 bridgehead atoms. The first-order chi connectivity index (χ1) is 14.8. The summed E-state index contributed by atoms with van der Waals surface area (Å²) in [5, 5.41) is 0.100. The van der Waals surface area contributed by atoms with E-state index in [4.69, 9.17) is 16.6 Å². The van der Waals surface area contributed by atoms with Gasteiger partial charge in [0.15, 0.2) is 9.78 Å². The summed E-state index contributed by atoms with van der Waals surface area (Å²) in [4.78, 5) is 29.6. The Hall–Kier alpha value is -2.55. The second-order valence-electron chi connectivity index (χ2n) is 7.00. The number of benzene rings is 2. The maximum atomic E-state index is 13.5. The maximum absolute atomic E-state index is 13.5. The smallest absolute Gasteiger partial charge is 0.270 e. The lowest BCUT2D eigenvalue weighted by Crippen LogP contribution is -2.57. The molecule has 5 nitrogen and oxygen atoms in total. The van der Waals surface area contributed by atoms with Crippen molar-refractivity contribution in [1.82, 2.24) is 0 Å². The van der Waals surface area contributed by atoms with Crippen molar-refractivity contribution in [3.8, 4) is 0 Å². The number of anilines is 2. The van der Waals surface area contributed by atoms with Crippen LogP contribution in [0.1, 0.15) is 16.9 Å². The minimum Gasteiger partial charge on any atom is -0.449 e. The highest BCUT2D eigenvalue weighted by atomic mass is 79.9. The van der Waals surface area contributed by atoms with Crippen molar-refractivity contribution in [1.29, 1.82) is 0 Å². The van der Waals surface area contributed by atoms with Gasteiger partial charge in [-0.25, -0.2) is 0 Å². The van der Waals surface area contributed by atoms with E-state index in [1.54, 1.807) is 18.2 Å². The summed E-state index contributed by atoms with van der Waals surface area (Å²) >= 11 is 12.3. The Bertz CT molecular complexity index is 1230. The average molecular weight is 560 g/mol. The van der Waals surface area contributed by atoms with Gasteiger partial charge in [0.25, 0.3) is 11.8 Å². The number of para-hydroxylation sites is 1. The fourth-order valence-electron chi connectivity index (χ4n) is 3.20. The van der Waals surface area contributed by atoms with E-state index in [1.807, 2.05) is 50.2 Å². The second-order valence-corrected chi connectivity index (χ2v) is 8.94. The van der Waals surface area contributed by atoms with Crippen molar-refractivity contribution < 1.29 is 14.0 Å². The topological polar surface area (TPSA) is 53.8 Å². The summed E-state index contributed by atoms with van der Waals surface area (Å²) in [6.45, 7) is 3.96. The van der Waals surface area contributed by atoms with Crippen LogP contribution < -0.4 is 9.80 Å². The average Bonchev–Trinajstić information content (AvgIpc) is 3.06. The lowest BCUT2D eigenvalue weighted by molar-refractivity contribution is -0.120. The van der Waals surface area contributed by atoms with Gasteiger partial charge in [0, 0.05) is 0 Å². The summed E-state index contributed by atoms with van der Waals surface area (Å²) < 4.78 is 6.72. The monoisotopic (exact) mass is 558 g/mol. The number of carbonyl (C=O) groups excluding carboxylic acids is 2. The SMILES string of the molecule is Cc1ccc(N2C(=O)/C(=C\c3cc(Br)c(Br)o3)C(=O)N(c3ccccc3)C2=S)cc1C. The van der Waals surface area contributed by atoms with E-state index < -0.39 is 11.8 Å². The summed E-state index contributed by atoms with van der Waals surface area (Å²) in [5.74, 6) is -0.657. The molecule has 2 aromatic carbocycles. The first-order valence-electron chi connectivity index (χ1n) is 9.29. The van der Waals surface area contributed by atoms with E-state index in [2.05, 4.69) is 31.9 Å². The van der Waals surface area contributed by atoms with Crippen LogP contribution in [0.3, 0.4) is 0 Å². The third-order valence-electron chi connectivity index (χ3n) is 4.96. The quantitative estimate of drug-likeness (QED) is 0.219. The number of hydrogen-bond donors (Lipinski definition) is 0. The summed E-state index contributed by atoms with van der Waals surface area (Å²) in [5.41, 5.74) is 3.23. The van der Waals surface area contributed by atoms with Crippen LogP contribution in [0.25, 0.3) is 6.08 Å². The predicted octanol–water partition coefficient (Wildman–Crippen LogP) is 6.17. The molecular formula is C23H16Br2N2O3S. The Morgan fingerprint density at radius 3 is 2.10 bits per heavy atom. The van der Waals surface area contributed by atoms with Gasteiger partial charge in [0.1, 0.15) is 11.3 Å². The van der Waals surface area contributed by atoms with Gasteiger partial charge in [-0.15, -0.1) is 0 Å². The van der Waals surface area contributed by atoms with E-state index in [0.29, 0.717) is 26.3 Å². The van der Waals surface area contributed by atoms with Crippen molar-refractivity contribution in [2.24, 2.45) is 0 Å². The highest BCUT2D eigenvalue weighted by Gasteiger charge is 2.41. The van der Waals surface area contributed by atoms with E-state index in [-0.39, 0.29) is 10.7 Å². The largest absolute Gasteiger partial charge is 0.449 e. The van der Waals surface area contributed by atoms with Crippen LogP contribution in [0.4, 0.5) is 11.4 Å². The fraction of sp³-hybridized carbons (Fsp3) is 0.0870. The molecule has 8 heteroatoms. The maximum Gasteiger partial charge on any atom is 0.270 e. The van der Waals surface area contributed by atoms with Gasteiger partial charge >= 0.3 is 0 Å². The van der Waals surface area contributed by atoms with Crippen molar-refractivity contribution in [2.45, 2.75) is 13.8 Å². The molecule has 0 radical (unpaired) electrons. The number of hydrogen-bond acceptors (Lipinski definition) is 4. The number of carbonyl (C=O) groups is 2. The van der Waals surface area contributed by atoms with Gasteiger partial charge in [-0.3, -0.25) is 19.4 Å². The summed E-state index contributed by atoms with van der Waals surface area (Å²) in [7, 11) is 0. The van der Waals surface area contributed by atoms with Crippen molar-refractivity contribution in [3.63, 3.8) is 0 Å². The third-order valence-corrected chi connectivity index (χ3v) is 7.04.